The maximum absolute atomic E-state index is 12.8. The van der Waals surface area contributed by atoms with Gasteiger partial charge in [-0.2, -0.15) is 0 Å². The molecular formula is C24H21N3O6. The SMILES string of the molecule is COc1ccccc1C1=NOC(C(=O)Nc2cc(Oc3ccccc3C)cc([N+](=O)[O-])c2)C1. The van der Waals surface area contributed by atoms with E-state index in [1.54, 1.807) is 25.3 Å². The fourth-order valence-corrected chi connectivity index (χ4v) is 3.40. The van der Waals surface area contributed by atoms with Crippen molar-refractivity contribution in [2.75, 3.05) is 12.4 Å². The minimum Gasteiger partial charge on any atom is -0.496 e. The van der Waals surface area contributed by atoms with Gasteiger partial charge in [0.25, 0.3) is 11.6 Å². The summed E-state index contributed by atoms with van der Waals surface area (Å²) in [5, 5.41) is 18.1. The summed E-state index contributed by atoms with van der Waals surface area (Å²) in [6.07, 6.45) is -0.654. The Kier molecular flexibility index (Phi) is 6.21. The van der Waals surface area contributed by atoms with Crippen molar-refractivity contribution in [2.24, 2.45) is 5.16 Å². The van der Waals surface area contributed by atoms with E-state index in [0.717, 1.165) is 11.1 Å². The molecule has 168 valence electrons. The molecular weight excluding hydrogens is 426 g/mol. The second-order valence-corrected chi connectivity index (χ2v) is 7.37. The number of carbonyl (C=O) groups excluding carboxylic acids is 1. The van der Waals surface area contributed by atoms with E-state index in [1.807, 2.05) is 37.3 Å². The first-order valence-electron chi connectivity index (χ1n) is 10.1. The number of hydrogen-bond donors (Lipinski definition) is 1. The predicted molar refractivity (Wildman–Crippen MR) is 122 cm³/mol. The number of methoxy groups -OCH3 is 1. The maximum atomic E-state index is 12.8. The number of oxime groups is 1. The lowest BCUT2D eigenvalue weighted by atomic mass is 10.0. The molecule has 3 aromatic carbocycles. The second-order valence-electron chi connectivity index (χ2n) is 7.37. The van der Waals surface area contributed by atoms with Crippen molar-refractivity contribution in [2.45, 2.75) is 19.4 Å². The van der Waals surface area contributed by atoms with E-state index in [-0.39, 0.29) is 23.5 Å². The molecule has 1 heterocycles. The number of amides is 1. The number of benzene rings is 3. The lowest BCUT2D eigenvalue weighted by Gasteiger charge is -2.12. The van der Waals surface area contributed by atoms with Gasteiger partial charge < -0.3 is 19.6 Å². The Morgan fingerprint density at radius 1 is 1.12 bits per heavy atom. The van der Waals surface area contributed by atoms with E-state index in [2.05, 4.69) is 10.5 Å². The van der Waals surface area contributed by atoms with Crippen LogP contribution in [0, 0.1) is 17.0 Å². The quantitative estimate of drug-likeness (QED) is 0.410. The molecule has 33 heavy (non-hydrogen) atoms. The molecule has 0 spiro atoms. The van der Waals surface area contributed by atoms with E-state index in [9.17, 15) is 14.9 Å². The first-order valence-corrected chi connectivity index (χ1v) is 10.1. The summed E-state index contributed by atoms with van der Waals surface area (Å²) in [7, 11) is 1.55. The van der Waals surface area contributed by atoms with Crippen LogP contribution < -0.4 is 14.8 Å². The number of nitrogens with zero attached hydrogens (tertiary/aromatic N) is 2. The fourth-order valence-electron chi connectivity index (χ4n) is 3.40. The highest BCUT2D eigenvalue weighted by Gasteiger charge is 2.30. The highest BCUT2D eigenvalue weighted by atomic mass is 16.6. The fraction of sp³-hybridized carbons (Fsp3) is 0.167. The van der Waals surface area contributed by atoms with Gasteiger partial charge in [0.05, 0.1) is 29.5 Å². The molecule has 1 aliphatic rings. The van der Waals surface area contributed by atoms with Crippen LogP contribution in [0.2, 0.25) is 0 Å². The van der Waals surface area contributed by atoms with Gasteiger partial charge in [-0.15, -0.1) is 0 Å². The van der Waals surface area contributed by atoms with Crippen LogP contribution in [-0.2, 0) is 9.63 Å². The summed E-state index contributed by atoms with van der Waals surface area (Å²) in [4.78, 5) is 29.0. The van der Waals surface area contributed by atoms with Crippen molar-refractivity contribution < 1.29 is 24.0 Å². The number of anilines is 1. The number of nitro groups is 1. The molecule has 1 unspecified atom stereocenters. The Hall–Kier alpha value is -4.40. The molecule has 9 nitrogen and oxygen atoms in total. The molecule has 1 amide bonds. The Morgan fingerprint density at radius 2 is 1.85 bits per heavy atom. The van der Waals surface area contributed by atoms with Gasteiger partial charge in [-0.25, -0.2) is 0 Å². The summed E-state index contributed by atoms with van der Waals surface area (Å²) >= 11 is 0. The van der Waals surface area contributed by atoms with Crippen LogP contribution in [0.4, 0.5) is 11.4 Å². The molecule has 1 atom stereocenters. The number of para-hydroxylation sites is 2. The Bertz CT molecular complexity index is 1240. The summed E-state index contributed by atoms with van der Waals surface area (Å²) in [6.45, 7) is 1.87. The monoisotopic (exact) mass is 447 g/mol. The highest BCUT2D eigenvalue weighted by Crippen LogP contribution is 2.32. The van der Waals surface area contributed by atoms with Crippen molar-refractivity contribution in [1.29, 1.82) is 0 Å². The molecule has 0 saturated heterocycles. The van der Waals surface area contributed by atoms with E-state index >= 15 is 0 Å². The van der Waals surface area contributed by atoms with Crippen LogP contribution in [-0.4, -0.2) is 29.8 Å². The average Bonchev–Trinajstić information content (AvgIpc) is 3.31. The van der Waals surface area contributed by atoms with E-state index in [1.165, 1.54) is 18.2 Å². The number of nitrogens with one attached hydrogen (secondary N) is 1. The molecule has 4 rings (SSSR count). The van der Waals surface area contributed by atoms with Crippen molar-refractivity contribution in [3.05, 3.63) is 88.0 Å². The summed E-state index contributed by atoms with van der Waals surface area (Å²) in [5.41, 5.74) is 2.19. The summed E-state index contributed by atoms with van der Waals surface area (Å²) in [5.74, 6) is 0.930. The van der Waals surface area contributed by atoms with Crippen molar-refractivity contribution in [3.63, 3.8) is 0 Å². The second kappa shape index (κ2) is 9.39. The topological polar surface area (TPSA) is 112 Å². The number of nitro benzene ring substituents is 1. The van der Waals surface area contributed by atoms with Crippen molar-refractivity contribution in [3.8, 4) is 17.2 Å². The Morgan fingerprint density at radius 3 is 2.58 bits per heavy atom. The Balaban J connectivity index is 1.50. The van der Waals surface area contributed by atoms with Gasteiger partial charge in [0.1, 0.15) is 17.2 Å². The molecule has 0 radical (unpaired) electrons. The summed E-state index contributed by atoms with van der Waals surface area (Å²) in [6, 6.07) is 18.7. The zero-order valence-corrected chi connectivity index (χ0v) is 18.0. The predicted octanol–water partition coefficient (Wildman–Crippen LogP) is 4.84. The lowest BCUT2D eigenvalue weighted by molar-refractivity contribution is -0.384. The van der Waals surface area contributed by atoms with Crippen LogP contribution in [0.25, 0.3) is 0 Å². The third kappa shape index (κ3) is 4.93. The number of non-ortho nitro benzene ring substituents is 1. The molecule has 0 aliphatic carbocycles. The van der Waals surface area contributed by atoms with Gasteiger partial charge in [0.2, 0.25) is 6.10 Å². The zero-order valence-electron chi connectivity index (χ0n) is 18.0. The standard InChI is InChI=1S/C24H21N3O6/c1-15-7-3-5-9-21(15)32-18-12-16(11-17(13-18)27(29)30)25-24(28)23-14-20(26-33-23)19-8-4-6-10-22(19)31-2/h3-13,23H,14H2,1-2H3,(H,25,28). The van der Waals surface area contributed by atoms with Crippen LogP contribution in [0.1, 0.15) is 17.5 Å². The van der Waals surface area contributed by atoms with Crippen LogP contribution >= 0.6 is 0 Å². The number of rotatable bonds is 7. The van der Waals surface area contributed by atoms with E-state index < -0.39 is 16.9 Å². The van der Waals surface area contributed by atoms with Crippen LogP contribution in [0.5, 0.6) is 17.2 Å². The van der Waals surface area contributed by atoms with Gasteiger partial charge in [0.15, 0.2) is 0 Å². The molecule has 1 N–H and O–H groups in total. The van der Waals surface area contributed by atoms with Crippen molar-refractivity contribution in [1.82, 2.24) is 0 Å². The van der Waals surface area contributed by atoms with E-state index in [4.69, 9.17) is 14.3 Å². The number of aryl methyl sites for hydroxylation is 1. The largest absolute Gasteiger partial charge is 0.496 e. The number of ether oxygens (including phenoxy) is 2. The molecule has 1 aliphatic heterocycles. The van der Waals surface area contributed by atoms with Gasteiger partial charge in [0, 0.05) is 24.1 Å². The Labute approximate surface area is 189 Å². The third-order valence-corrected chi connectivity index (χ3v) is 5.07. The third-order valence-electron chi connectivity index (χ3n) is 5.07. The van der Waals surface area contributed by atoms with Gasteiger partial charge >= 0.3 is 0 Å². The zero-order chi connectivity index (χ0) is 23.4. The van der Waals surface area contributed by atoms with Crippen molar-refractivity contribution >= 4 is 23.0 Å². The normalized spacial score (nSPS) is 14.7. The van der Waals surface area contributed by atoms with Crippen LogP contribution in [0.15, 0.2) is 71.9 Å². The van der Waals surface area contributed by atoms with Gasteiger partial charge in [-0.1, -0.05) is 35.5 Å². The smallest absolute Gasteiger partial charge is 0.275 e. The molecule has 0 fully saturated rings. The maximum Gasteiger partial charge on any atom is 0.275 e. The van der Waals surface area contributed by atoms with E-state index in [0.29, 0.717) is 17.2 Å². The minimum atomic E-state index is -0.884. The first-order chi connectivity index (χ1) is 15.9. The highest BCUT2D eigenvalue weighted by molar-refractivity contribution is 6.07. The van der Waals surface area contributed by atoms with Gasteiger partial charge in [-0.3, -0.25) is 14.9 Å². The van der Waals surface area contributed by atoms with Gasteiger partial charge in [-0.05, 0) is 30.7 Å². The minimum absolute atomic E-state index is 0.213. The first kappa shape index (κ1) is 21.8. The molecule has 0 bridgehead atoms. The molecule has 0 aromatic heterocycles. The molecule has 3 aromatic rings. The summed E-state index contributed by atoms with van der Waals surface area (Å²) < 4.78 is 11.2. The molecule has 0 saturated carbocycles. The van der Waals surface area contributed by atoms with Crippen LogP contribution in [0.3, 0.4) is 0 Å². The number of carbonyl (C=O) groups is 1. The lowest BCUT2D eigenvalue weighted by Crippen LogP contribution is -2.28. The number of hydrogen-bond acceptors (Lipinski definition) is 7. The average molecular weight is 447 g/mol. The molecule has 9 heteroatoms.